The van der Waals surface area contributed by atoms with Crippen molar-refractivity contribution in [2.45, 2.75) is 19.8 Å². The van der Waals surface area contributed by atoms with E-state index in [9.17, 15) is 14.4 Å². The van der Waals surface area contributed by atoms with Crippen molar-refractivity contribution < 1.29 is 23.6 Å². The lowest BCUT2D eigenvalue weighted by atomic mass is 9.90. The number of hydrogen-bond donors (Lipinski definition) is 0. The van der Waals surface area contributed by atoms with Gasteiger partial charge in [0.05, 0.1) is 11.6 Å². The van der Waals surface area contributed by atoms with Gasteiger partial charge in [0.2, 0.25) is 5.36 Å². The normalized spacial score (nSPS) is 13.5. The largest absolute Gasteiger partial charge is 0.456 e. The summed E-state index contributed by atoms with van der Waals surface area (Å²) < 4.78 is 8.41. The van der Waals surface area contributed by atoms with Gasteiger partial charge in [-0.3, -0.25) is 9.59 Å². The topological polar surface area (TPSA) is 83.1 Å². The number of aryl methyl sites for hydroxylation is 1. The fourth-order valence-corrected chi connectivity index (χ4v) is 4.53. The van der Waals surface area contributed by atoms with Crippen LogP contribution in [0.4, 0.5) is 5.69 Å². The van der Waals surface area contributed by atoms with Crippen LogP contribution in [0.25, 0.3) is 33.4 Å². The second-order valence-corrected chi connectivity index (χ2v) is 9.62. The minimum atomic E-state index is -0.760. The lowest BCUT2D eigenvalue weighted by molar-refractivity contribution is -0.172. The van der Waals surface area contributed by atoms with Crippen LogP contribution in [0.3, 0.4) is 0 Å². The van der Waals surface area contributed by atoms with Crippen LogP contribution in [0, 0.1) is 6.92 Å². The summed E-state index contributed by atoms with van der Waals surface area (Å²) in [6.07, 6.45) is 0.0846. The predicted molar refractivity (Wildman–Crippen MR) is 141 cm³/mol. The number of rotatable bonds is 4. The first-order chi connectivity index (χ1) is 17.6. The summed E-state index contributed by atoms with van der Waals surface area (Å²) in [5.41, 5.74) is 5.55. The molecule has 37 heavy (non-hydrogen) atoms. The lowest BCUT2D eigenvalue weighted by Gasteiger charge is -2.19. The molecule has 0 spiro atoms. The average molecular weight is 499 g/mol. The Morgan fingerprint density at radius 2 is 1.68 bits per heavy atom. The number of hydroxylamine groups is 2. The van der Waals surface area contributed by atoms with Gasteiger partial charge in [0.15, 0.2) is 0 Å². The summed E-state index contributed by atoms with van der Waals surface area (Å²) in [5.74, 6) is -1.07. The Hall–Kier alpha value is -4.46. The van der Waals surface area contributed by atoms with Crippen molar-refractivity contribution in [3.05, 3.63) is 71.1 Å². The number of hydrogen-bond acceptors (Lipinski definition) is 6. The first-order valence-electron chi connectivity index (χ1n) is 12.0. The number of nitrogens with zero attached hydrogens (tertiary/aromatic N) is 3. The fraction of sp³-hybridized carbons (Fsp3) is 0.241. The van der Waals surface area contributed by atoms with Crippen LogP contribution >= 0.6 is 0 Å². The Balaban J connectivity index is 1.72. The van der Waals surface area contributed by atoms with E-state index in [0.29, 0.717) is 16.4 Å². The zero-order chi connectivity index (χ0) is 26.4. The first kappa shape index (κ1) is 24.2. The average Bonchev–Trinajstić information content (AvgIpc) is 3.19. The van der Waals surface area contributed by atoms with Crippen LogP contribution in [0.15, 0.2) is 59.0 Å². The zero-order valence-corrected chi connectivity index (χ0v) is 21.5. The van der Waals surface area contributed by atoms with E-state index >= 15 is 0 Å². The molecule has 8 nitrogen and oxygen atoms in total. The third-order valence-electron chi connectivity index (χ3n) is 6.64. The summed E-state index contributed by atoms with van der Waals surface area (Å²) in [4.78, 5) is 44.0. The molecule has 1 aliphatic carbocycles. The zero-order valence-electron chi connectivity index (χ0n) is 21.5. The van der Waals surface area contributed by atoms with Crippen LogP contribution in [0.5, 0.6) is 0 Å². The highest BCUT2D eigenvalue weighted by Crippen LogP contribution is 2.42. The van der Waals surface area contributed by atoms with Gasteiger partial charge in [-0.2, -0.15) is 0 Å². The molecular weight excluding hydrogens is 470 g/mol. The molecule has 3 aliphatic rings. The van der Waals surface area contributed by atoms with E-state index < -0.39 is 17.8 Å². The van der Waals surface area contributed by atoms with Crippen LogP contribution < -0.4 is 14.8 Å². The molecule has 8 heteroatoms. The van der Waals surface area contributed by atoms with Crippen molar-refractivity contribution in [2.24, 2.45) is 0 Å². The molecule has 0 saturated carbocycles. The fourth-order valence-electron chi connectivity index (χ4n) is 4.53. The highest BCUT2D eigenvalue weighted by Gasteiger charge is 2.33. The number of anilines is 1. The maximum Gasteiger partial charge on any atom is 0.363 e. The molecule has 2 heterocycles. The number of fused-ring (bicyclic) bond motifs is 2. The van der Waals surface area contributed by atoms with Crippen molar-refractivity contribution in [2.75, 3.05) is 33.1 Å². The van der Waals surface area contributed by atoms with Gasteiger partial charge in [-0.05, 0) is 48.4 Å². The Bertz CT molecular complexity index is 1610. The van der Waals surface area contributed by atoms with Crippen LogP contribution in [-0.2, 0) is 14.4 Å². The van der Waals surface area contributed by atoms with E-state index in [0.717, 1.165) is 38.7 Å². The second-order valence-electron chi connectivity index (χ2n) is 9.62. The Morgan fingerprint density at radius 1 is 0.946 bits per heavy atom. The van der Waals surface area contributed by atoms with Gasteiger partial charge in [-0.1, -0.05) is 6.07 Å². The third-order valence-corrected chi connectivity index (χ3v) is 6.64. The minimum absolute atomic E-state index is 0.0423. The van der Waals surface area contributed by atoms with E-state index in [1.807, 2.05) is 87.1 Å². The van der Waals surface area contributed by atoms with E-state index in [1.165, 1.54) is 0 Å². The molecule has 2 amide bonds. The van der Waals surface area contributed by atoms with Crippen molar-refractivity contribution in [1.82, 2.24) is 9.64 Å². The molecule has 2 aliphatic heterocycles. The van der Waals surface area contributed by atoms with E-state index in [-0.39, 0.29) is 18.4 Å². The van der Waals surface area contributed by atoms with Gasteiger partial charge in [0.25, 0.3) is 11.8 Å². The highest BCUT2D eigenvalue weighted by atomic mass is 16.7. The molecule has 188 valence electrons. The van der Waals surface area contributed by atoms with Crippen molar-refractivity contribution in [1.29, 1.82) is 0 Å². The van der Waals surface area contributed by atoms with Gasteiger partial charge in [-0.15, -0.1) is 5.06 Å². The van der Waals surface area contributed by atoms with Crippen molar-refractivity contribution in [3.63, 3.8) is 0 Å². The Morgan fingerprint density at radius 3 is 2.35 bits per heavy atom. The Kier molecular flexibility index (Phi) is 6.03. The molecule has 0 N–H and O–H groups in total. The lowest BCUT2D eigenvalue weighted by Crippen LogP contribution is -2.32. The molecule has 0 radical (unpaired) electrons. The summed E-state index contributed by atoms with van der Waals surface area (Å²) in [5, 5.41) is 2.47. The molecule has 2 aromatic carbocycles. The first-order valence-corrected chi connectivity index (χ1v) is 12.0. The van der Waals surface area contributed by atoms with E-state index in [1.54, 1.807) is 12.1 Å². The highest BCUT2D eigenvalue weighted by molar-refractivity contribution is 6.05. The number of amides is 2. The van der Waals surface area contributed by atoms with Crippen LogP contribution in [-0.4, -0.2) is 51.0 Å². The maximum absolute atomic E-state index is 13.0. The van der Waals surface area contributed by atoms with Crippen molar-refractivity contribution in [3.8, 4) is 22.5 Å². The predicted octanol–water partition coefficient (Wildman–Crippen LogP) is 3.83. The summed E-state index contributed by atoms with van der Waals surface area (Å²) in [6.45, 7) is 1.97. The molecule has 0 bridgehead atoms. The molecule has 0 atom stereocenters. The van der Waals surface area contributed by atoms with Gasteiger partial charge in [0.1, 0.15) is 25.4 Å². The van der Waals surface area contributed by atoms with Crippen LogP contribution in [0.2, 0.25) is 0 Å². The van der Waals surface area contributed by atoms with Crippen molar-refractivity contribution >= 4 is 34.4 Å². The standard InChI is InChI=1S/C29H28N3O5/c1-17-6-7-18(29(35)37-32-26(33)12-13-27(32)34)14-23(17)28-21-10-8-19(30(2)3)15-24(21)36-25-16-20(31(4)5)9-11-22(25)28/h6-11,14-16H,12-13H2,1-5H3/q+1. The molecule has 5 rings (SSSR count). The van der Waals surface area contributed by atoms with Gasteiger partial charge in [0, 0.05) is 61.3 Å². The van der Waals surface area contributed by atoms with Gasteiger partial charge in [-0.25, -0.2) is 9.37 Å². The monoisotopic (exact) mass is 498 g/mol. The summed E-state index contributed by atoms with van der Waals surface area (Å²) in [7, 11) is 7.90. The third kappa shape index (κ3) is 4.35. The van der Waals surface area contributed by atoms with Gasteiger partial charge >= 0.3 is 5.97 Å². The van der Waals surface area contributed by atoms with Gasteiger partial charge < -0.3 is 14.2 Å². The smallest absolute Gasteiger partial charge is 0.363 e. The number of benzene rings is 3. The molecule has 1 saturated heterocycles. The molecular formula is C29H28N3O5+. The van der Waals surface area contributed by atoms with E-state index in [2.05, 4.69) is 0 Å². The maximum atomic E-state index is 13.0. The Labute approximate surface area is 214 Å². The number of carbonyl (C=O) groups is 3. The SMILES string of the molecule is Cc1ccc(C(=O)ON2C(=O)CCC2=O)cc1-c1c2ccc(=[N+](C)C)cc-2oc2cc(N(C)C)ccc12. The summed E-state index contributed by atoms with van der Waals surface area (Å²) in [6, 6.07) is 17.3. The number of imide groups is 1. The summed E-state index contributed by atoms with van der Waals surface area (Å²) >= 11 is 0. The quantitative estimate of drug-likeness (QED) is 0.242. The number of carbonyl (C=O) groups excluding carboxylic acids is 3. The molecule has 1 fully saturated rings. The van der Waals surface area contributed by atoms with Crippen LogP contribution in [0.1, 0.15) is 28.8 Å². The molecule has 2 aromatic rings. The molecule has 0 unspecified atom stereocenters. The minimum Gasteiger partial charge on any atom is -0.456 e. The second kappa shape index (κ2) is 9.20. The van der Waals surface area contributed by atoms with E-state index in [4.69, 9.17) is 9.25 Å². The molecule has 0 aromatic heterocycles.